The van der Waals surface area contributed by atoms with Crippen molar-refractivity contribution < 1.29 is 14.3 Å². The molecule has 0 radical (unpaired) electrons. The molecule has 1 saturated heterocycles. The Hall–Kier alpha value is -1.10. The lowest BCUT2D eigenvalue weighted by molar-refractivity contribution is -0.146. The predicted molar refractivity (Wildman–Crippen MR) is 83.0 cm³/mol. The lowest BCUT2D eigenvalue weighted by Gasteiger charge is -2.27. The Labute approximate surface area is 128 Å². The maximum Gasteiger partial charge on any atom is 0.323 e. The summed E-state index contributed by atoms with van der Waals surface area (Å²) in [7, 11) is 1.41. The van der Waals surface area contributed by atoms with Crippen molar-refractivity contribution in [1.29, 1.82) is 0 Å². The lowest BCUT2D eigenvalue weighted by Crippen LogP contribution is -2.45. The standard InChI is InChI=1S/C16H30N2O3/c1-4-6-10-17(11-7-5-2)15(19)13-18-12-8-9-14(18)16(20)21-3/h14H,4-13H2,1-3H3. The molecule has 1 fully saturated rings. The van der Waals surface area contributed by atoms with Crippen LogP contribution in [0.3, 0.4) is 0 Å². The minimum atomic E-state index is -0.238. The summed E-state index contributed by atoms with van der Waals surface area (Å²) in [5.41, 5.74) is 0. The highest BCUT2D eigenvalue weighted by Gasteiger charge is 2.33. The van der Waals surface area contributed by atoms with E-state index >= 15 is 0 Å². The number of carbonyl (C=O) groups is 2. The van der Waals surface area contributed by atoms with Gasteiger partial charge in [-0.05, 0) is 32.2 Å². The average Bonchev–Trinajstić information content (AvgIpc) is 2.94. The number of esters is 1. The molecule has 0 bridgehead atoms. The third-order valence-electron chi connectivity index (χ3n) is 4.09. The molecule has 0 aromatic heterocycles. The zero-order valence-electron chi connectivity index (χ0n) is 13.8. The van der Waals surface area contributed by atoms with Gasteiger partial charge in [-0.3, -0.25) is 14.5 Å². The Kier molecular flexibility index (Phi) is 8.35. The summed E-state index contributed by atoms with van der Waals surface area (Å²) in [6.45, 7) is 7.07. The first-order chi connectivity index (χ1) is 10.1. The molecule has 1 rings (SSSR count). The zero-order chi connectivity index (χ0) is 15.7. The molecule has 0 N–H and O–H groups in total. The van der Waals surface area contributed by atoms with Gasteiger partial charge in [0, 0.05) is 13.1 Å². The number of carbonyl (C=O) groups excluding carboxylic acids is 2. The van der Waals surface area contributed by atoms with Gasteiger partial charge in [-0.1, -0.05) is 26.7 Å². The first-order valence-electron chi connectivity index (χ1n) is 8.23. The van der Waals surface area contributed by atoms with E-state index in [0.29, 0.717) is 6.54 Å². The van der Waals surface area contributed by atoms with Crippen molar-refractivity contribution in [3.63, 3.8) is 0 Å². The molecule has 1 unspecified atom stereocenters. The minimum absolute atomic E-state index is 0.146. The van der Waals surface area contributed by atoms with E-state index in [4.69, 9.17) is 4.74 Å². The molecule has 5 heteroatoms. The van der Waals surface area contributed by atoms with Gasteiger partial charge in [0.05, 0.1) is 13.7 Å². The molecule has 0 saturated carbocycles. The minimum Gasteiger partial charge on any atom is -0.468 e. The van der Waals surface area contributed by atoms with Crippen molar-refractivity contribution in [2.45, 2.75) is 58.4 Å². The van der Waals surface area contributed by atoms with E-state index in [1.54, 1.807) is 0 Å². The molecule has 21 heavy (non-hydrogen) atoms. The fraction of sp³-hybridized carbons (Fsp3) is 0.875. The first-order valence-corrected chi connectivity index (χ1v) is 8.23. The van der Waals surface area contributed by atoms with E-state index in [9.17, 15) is 9.59 Å². The van der Waals surface area contributed by atoms with E-state index in [2.05, 4.69) is 13.8 Å². The van der Waals surface area contributed by atoms with E-state index in [0.717, 1.165) is 58.2 Å². The number of unbranched alkanes of at least 4 members (excludes halogenated alkanes) is 2. The smallest absolute Gasteiger partial charge is 0.323 e. The topological polar surface area (TPSA) is 49.9 Å². The first kappa shape index (κ1) is 18.0. The molecule has 122 valence electrons. The van der Waals surface area contributed by atoms with Crippen LogP contribution in [0.25, 0.3) is 0 Å². The van der Waals surface area contributed by atoms with E-state index in [-0.39, 0.29) is 17.9 Å². The maximum absolute atomic E-state index is 12.5. The number of nitrogens with zero attached hydrogens (tertiary/aromatic N) is 2. The largest absolute Gasteiger partial charge is 0.468 e. The van der Waals surface area contributed by atoms with Gasteiger partial charge < -0.3 is 9.64 Å². The van der Waals surface area contributed by atoms with Crippen LogP contribution in [-0.4, -0.2) is 61.0 Å². The van der Waals surface area contributed by atoms with Crippen molar-refractivity contribution in [3.8, 4) is 0 Å². The normalized spacial score (nSPS) is 18.7. The van der Waals surface area contributed by atoms with Crippen LogP contribution in [0.2, 0.25) is 0 Å². The highest BCUT2D eigenvalue weighted by atomic mass is 16.5. The summed E-state index contributed by atoms with van der Waals surface area (Å²) in [6.07, 6.45) is 6.00. The molecule has 1 atom stereocenters. The molecule has 1 aliphatic rings. The van der Waals surface area contributed by atoms with Crippen molar-refractivity contribution in [2.24, 2.45) is 0 Å². The zero-order valence-corrected chi connectivity index (χ0v) is 13.8. The SMILES string of the molecule is CCCCN(CCCC)C(=O)CN1CCCC1C(=O)OC. The Morgan fingerprint density at radius 2 is 1.81 bits per heavy atom. The molecular weight excluding hydrogens is 268 g/mol. The second-order valence-electron chi connectivity index (χ2n) is 5.74. The number of amides is 1. The van der Waals surface area contributed by atoms with Crippen molar-refractivity contribution in [3.05, 3.63) is 0 Å². The van der Waals surface area contributed by atoms with Crippen LogP contribution in [0.5, 0.6) is 0 Å². The third-order valence-corrected chi connectivity index (χ3v) is 4.09. The van der Waals surface area contributed by atoms with Gasteiger partial charge in [0.15, 0.2) is 0 Å². The highest BCUT2D eigenvalue weighted by Crippen LogP contribution is 2.18. The molecule has 1 heterocycles. The van der Waals surface area contributed by atoms with Gasteiger partial charge in [-0.25, -0.2) is 0 Å². The third kappa shape index (κ3) is 5.65. The second kappa shape index (κ2) is 9.77. The van der Waals surface area contributed by atoms with Crippen molar-refractivity contribution in [1.82, 2.24) is 9.80 Å². The predicted octanol–water partition coefficient (Wildman–Crippen LogP) is 2.05. The van der Waals surface area contributed by atoms with Crippen molar-refractivity contribution in [2.75, 3.05) is 33.3 Å². The number of hydrogen-bond donors (Lipinski definition) is 0. The summed E-state index contributed by atoms with van der Waals surface area (Å²) in [6, 6.07) is -0.238. The summed E-state index contributed by atoms with van der Waals surface area (Å²) in [4.78, 5) is 28.2. The fourth-order valence-electron chi connectivity index (χ4n) is 2.75. The quantitative estimate of drug-likeness (QED) is 0.611. The van der Waals surface area contributed by atoms with Crippen LogP contribution in [-0.2, 0) is 14.3 Å². The van der Waals surface area contributed by atoms with Gasteiger partial charge >= 0.3 is 5.97 Å². The number of rotatable bonds is 9. The molecule has 0 aliphatic carbocycles. The molecule has 5 nitrogen and oxygen atoms in total. The number of ether oxygens (including phenoxy) is 1. The Balaban J connectivity index is 2.55. The van der Waals surface area contributed by atoms with Gasteiger partial charge in [0.2, 0.25) is 5.91 Å². The Morgan fingerprint density at radius 3 is 2.33 bits per heavy atom. The fourth-order valence-corrected chi connectivity index (χ4v) is 2.75. The summed E-state index contributed by atoms with van der Waals surface area (Å²) in [5.74, 6) is -0.0679. The number of methoxy groups -OCH3 is 1. The van der Waals surface area contributed by atoms with Gasteiger partial charge in [0.25, 0.3) is 0 Å². The second-order valence-corrected chi connectivity index (χ2v) is 5.74. The lowest BCUT2D eigenvalue weighted by atomic mass is 10.2. The maximum atomic E-state index is 12.5. The van der Waals surface area contributed by atoms with Gasteiger partial charge in [-0.2, -0.15) is 0 Å². The van der Waals surface area contributed by atoms with Crippen LogP contribution in [0.15, 0.2) is 0 Å². The summed E-state index contributed by atoms with van der Waals surface area (Å²) >= 11 is 0. The van der Waals surface area contributed by atoms with Crippen LogP contribution in [0.1, 0.15) is 52.4 Å². The molecule has 0 aromatic rings. The van der Waals surface area contributed by atoms with Crippen LogP contribution in [0.4, 0.5) is 0 Å². The molecule has 1 amide bonds. The number of hydrogen-bond acceptors (Lipinski definition) is 4. The van der Waals surface area contributed by atoms with Crippen molar-refractivity contribution >= 4 is 11.9 Å². The molecular formula is C16H30N2O3. The van der Waals surface area contributed by atoms with Gasteiger partial charge in [-0.15, -0.1) is 0 Å². The summed E-state index contributed by atoms with van der Waals surface area (Å²) < 4.78 is 4.83. The molecule has 1 aliphatic heterocycles. The molecule has 0 aromatic carbocycles. The van der Waals surface area contributed by atoms with Crippen LogP contribution < -0.4 is 0 Å². The Bertz CT molecular complexity index is 325. The monoisotopic (exact) mass is 298 g/mol. The van der Waals surface area contributed by atoms with E-state index < -0.39 is 0 Å². The van der Waals surface area contributed by atoms with Gasteiger partial charge in [0.1, 0.15) is 6.04 Å². The van der Waals surface area contributed by atoms with Crippen LogP contribution in [0, 0.1) is 0 Å². The van der Waals surface area contributed by atoms with Crippen LogP contribution >= 0.6 is 0 Å². The number of likely N-dealkylation sites (tertiary alicyclic amines) is 1. The molecule has 0 spiro atoms. The highest BCUT2D eigenvalue weighted by molar-refractivity contribution is 5.81. The van der Waals surface area contributed by atoms with E-state index in [1.807, 2.05) is 9.80 Å². The summed E-state index contributed by atoms with van der Waals surface area (Å²) in [5, 5.41) is 0. The van der Waals surface area contributed by atoms with E-state index in [1.165, 1.54) is 7.11 Å². The Morgan fingerprint density at radius 1 is 1.19 bits per heavy atom. The average molecular weight is 298 g/mol.